The second-order valence-electron chi connectivity index (χ2n) is 7.15. The van der Waals surface area contributed by atoms with Gasteiger partial charge in [-0.1, -0.05) is 20.8 Å². The van der Waals surface area contributed by atoms with Crippen molar-refractivity contribution in [3.8, 4) is 0 Å². The highest BCUT2D eigenvalue weighted by atomic mass is 19.1. The molecule has 1 aliphatic heterocycles. The predicted molar refractivity (Wildman–Crippen MR) is 84.6 cm³/mol. The van der Waals surface area contributed by atoms with E-state index < -0.39 is 0 Å². The van der Waals surface area contributed by atoms with Crippen LogP contribution in [-0.4, -0.2) is 36.6 Å². The minimum atomic E-state index is -0.279. The second kappa shape index (κ2) is 6.84. The Balaban J connectivity index is 2.00. The van der Waals surface area contributed by atoms with Crippen LogP contribution >= 0.6 is 0 Å². The Morgan fingerprint density at radius 2 is 2.19 bits per heavy atom. The molecule has 0 spiro atoms. The summed E-state index contributed by atoms with van der Waals surface area (Å²) in [5.41, 5.74) is 1.34. The van der Waals surface area contributed by atoms with E-state index >= 15 is 0 Å². The standard InChI is InChI=1S/C17H28FN3/c1-13(11-21-9-5-8-17(2,3)12-21)16(19-4)15-7-6-14(18)10-20-15/h6-7,10,13,16,19H,5,8-9,11-12H2,1-4H3. The number of nitrogens with zero attached hydrogens (tertiary/aromatic N) is 2. The summed E-state index contributed by atoms with van der Waals surface area (Å²) >= 11 is 0. The van der Waals surface area contributed by atoms with Crippen LogP contribution in [0.15, 0.2) is 18.3 Å². The third-order valence-corrected chi connectivity index (χ3v) is 4.47. The van der Waals surface area contributed by atoms with Gasteiger partial charge in [-0.05, 0) is 49.9 Å². The average Bonchev–Trinajstić information content (AvgIpc) is 2.40. The molecule has 0 saturated carbocycles. The molecule has 1 N–H and O–H groups in total. The van der Waals surface area contributed by atoms with Gasteiger partial charge in [0.1, 0.15) is 5.82 Å². The van der Waals surface area contributed by atoms with Gasteiger partial charge in [0.15, 0.2) is 0 Å². The molecule has 4 heteroatoms. The molecule has 0 radical (unpaired) electrons. The molecular formula is C17H28FN3. The molecule has 2 unspecified atom stereocenters. The monoisotopic (exact) mass is 293 g/mol. The predicted octanol–water partition coefficient (Wildman–Crippen LogP) is 3.24. The van der Waals surface area contributed by atoms with Crippen LogP contribution in [0.25, 0.3) is 0 Å². The number of halogens is 1. The first-order valence-corrected chi connectivity index (χ1v) is 7.92. The van der Waals surface area contributed by atoms with E-state index in [2.05, 4.69) is 36.0 Å². The van der Waals surface area contributed by atoms with Crippen LogP contribution < -0.4 is 5.32 Å². The van der Waals surface area contributed by atoms with Crippen LogP contribution in [0.4, 0.5) is 4.39 Å². The third-order valence-electron chi connectivity index (χ3n) is 4.47. The molecule has 1 fully saturated rings. The summed E-state index contributed by atoms with van der Waals surface area (Å²) in [5, 5.41) is 3.34. The van der Waals surface area contributed by atoms with E-state index in [1.165, 1.54) is 31.6 Å². The highest BCUT2D eigenvalue weighted by molar-refractivity contribution is 5.11. The fraction of sp³-hybridized carbons (Fsp3) is 0.706. The molecule has 1 aromatic heterocycles. The van der Waals surface area contributed by atoms with Crippen molar-refractivity contribution >= 4 is 0 Å². The number of piperidine rings is 1. The van der Waals surface area contributed by atoms with Crippen molar-refractivity contribution in [3.05, 3.63) is 29.8 Å². The van der Waals surface area contributed by atoms with Gasteiger partial charge in [-0.15, -0.1) is 0 Å². The zero-order valence-electron chi connectivity index (χ0n) is 13.7. The Morgan fingerprint density at radius 3 is 2.76 bits per heavy atom. The smallest absolute Gasteiger partial charge is 0.141 e. The van der Waals surface area contributed by atoms with Crippen molar-refractivity contribution in [2.24, 2.45) is 11.3 Å². The zero-order chi connectivity index (χ0) is 15.5. The first-order chi connectivity index (χ1) is 9.91. The minimum Gasteiger partial charge on any atom is -0.311 e. The summed E-state index contributed by atoms with van der Waals surface area (Å²) in [6, 6.07) is 3.44. The number of hydrogen-bond acceptors (Lipinski definition) is 3. The van der Waals surface area contributed by atoms with Crippen LogP contribution in [0.1, 0.15) is 45.3 Å². The summed E-state index contributed by atoms with van der Waals surface area (Å²) in [5.74, 6) is 0.154. The van der Waals surface area contributed by atoms with E-state index in [1.807, 2.05) is 7.05 Å². The van der Waals surface area contributed by atoms with Gasteiger partial charge >= 0.3 is 0 Å². The number of pyridine rings is 1. The fourth-order valence-electron chi connectivity index (χ4n) is 3.51. The van der Waals surface area contributed by atoms with E-state index in [0.717, 1.165) is 18.8 Å². The molecular weight excluding hydrogens is 265 g/mol. The first kappa shape index (κ1) is 16.4. The maximum atomic E-state index is 13.0. The largest absolute Gasteiger partial charge is 0.311 e. The van der Waals surface area contributed by atoms with E-state index in [-0.39, 0.29) is 11.9 Å². The van der Waals surface area contributed by atoms with Crippen LogP contribution in [0.2, 0.25) is 0 Å². The molecule has 118 valence electrons. The molecule has 0 amide bonds. The Hall–Kier alpha value is -1.00. The molecule has 2 atom stereocenters. The van der Waals surface area contributed by atoms with Crippen LogP contribution in [0.5, 0.6) is 0 Å². The van der Waals surface area contributed by atoms with Gasteiger partial charge in [-0.2, -0.15) is 0 Å². The molecule has 0 aromatic carbocycles. The van der Waals surface area contributed by atoms with Crippen molar-refractivity contribution in [1.29, 1.82) is 0 Å². The Kier molecular flexibility index (Phi) is 5.33. The second-order valence-corrected chi connectivity index (χ2v) is 7.15. The van der Waals surface area contributed by atoms with E-state index in [0.29, 0.717) is 11.3 Å². The lowest BCUT2D eigenvalue weighted by molar-refractivity contribution is 0.0973. The van der Waals surface area contributed by atoms with Gasteiger partial charge in [0.2, 0.25) is 0 Å². The Bertz CT molecular complexity index is 444. The fourth-order valence-corrected chi connectivity index (χ4v) is 3.51. The SMILES string of the molecule is CNC(c1ccc(F)cn1)C(C)CN1CCCC(C)(C)C1. The molecule has 21 heavy (non-hydrogen) atoms. The van der Waals surface area contributed by atoms with Gasteiger partial charge in [0, 0.05) is 13.1 Å². The van der Waals surface area contributed by atoms with Crippen LogP contribution in [0.3, 0.4) is 0 Å². The minimum absolute atomic E-state index is 0.163. The first-order valence-electron chi connectivity index (χ1n) is 7.92. The van der Waals surface area contributed by atoms with Crippen molar-refractivity contribution in [2.75, 3.05) is 26.7 Å². The Labute approximate surface area is 127 Å². The molecule has 0 bridgehead atoms. The summed E-state index contributed by atoms with van der Waals surface area (Å²) in [4.78, 5) is 6.79. The molecule has 1 aliphatic rings. The van der Waals surface area contributed by atoms with E-state index in [4.69, 9.17) is 0 Å². The molecule has 2 heterocycles. The van der Waals surface area contributed by atoms with Crippen molar-refractivity contribution in [1.82, 2.24) is 15.2 Å². The molecule has 0 aliphatic carbocycles. The third kappa shape index (κ3) is 4.48. The van der Waals surface area contributed by atoms with Gasteiger partial charge in [0.05, 0.1) is 17.9 Å². The number of hydrogen-bond donors (Lipinski definition) is 1. The van der Waals surface area contributed by atoms with Gasteiger partial charge in [0.25, 0.3) is 0 Å². The lowest BCUT2D eigenvalue weighted by atomic mass is 9.83. The highest BCUT2D eigenvalue weighted by Gasteiger charge is 2.29. The van der Waals surface area contributed by atoms with Gasteiger partial charge in [-0.25, -0.2) is 4.39 Å². The summed E-state index contributed by atoms with van der Waals surface area (Å²) < 4.78 is 13.0. The average molecular weight is 293 g/mol. The lowest BCUT2D eigenvalue weighted by Crippen LogP contribution is -2.43. The van der Waals surface area contributed by atoms with Crippen molar-refractivity contribution in [3.63, 3.8) is 0 Å². The van der Waals surface area contributed by atoms with Crippen molar-refractivity contribution < 1.29 is 4.39 Å². The number of aromatic nitrogens is 1. The van der Waals surface area contributed by atoms with Crippen LogP contribution in [0, 0.1) is 17.2 Å². The highest BCUT2D eigenvalue weighted by Crippen LogP contribution is 2.30. The maximum Gasteiger partial charge on any atom is 0.141 e. The number of nitrogens with one attached hydrogen (secondary N) is 1. The maximum absolute atomic E-state index is 13.0. The number of rotatable bonds is 5. The summed E-state index contributed by atoms with van der Waals surface area (Å²) in [6.07, 6.45) is 3.89. The van der Waals surface area contributed by atoms with Gasteiger partial charge in [-0.3, -0.25) is 4.98 Å². The quantitative estimate of drug-likeness (QED) is 0.903. The Morgan fingerprint density at radius 1 is 1.43 bits per heavy atom. The summed E-state index contributed by atoms with van der Waals surface area (Å²) in [6.45, 7) is 10.3. The van der Waals surface area contributed by atoms with Crippen LogP contribution in [-0.2, 0) is 0 Å². The summed E-state index contributed by atoms with van der Waals surface area (Å²) in [7, 11) is 1.95. The van der Waals surface area contributed by atoms with Gasteiger partial charge < -0.3 is 10.2 Å². The van der Waals surface area contributed by atoms with Crippen molar-refractivity contribution in [2.45, 2.75) is 39.7 Å². The molecule has 1 aromatic rings. The molecule has 2 rings (SSSR count). The number of likely N-dealkylation sites (tertiary alicyclic amines) is 1. The topological polar surface area (TPSA) is 28.2 Å². The normalized spacial score (nSPS) is 22.0. The van der Waals surface area contributed by atoms with E-state index in [9.17, 15) is 4.39 Å². The zero-order valence-corrected chi connectivity index (χ0v) is 13.7. The lowest BCUT2D eigenvalue weighted by Gasteiger charge is -2.40. The molecule has 1 saturated heterocycles. The van der Waals surface area contributed by atoms with E-state index in [1.54, 1.807) is 6.07 Å². The molecule has 3 nitrogen and oxygen atoms in total.